The van der Waals surface area contributed by atoms with Crippen LogP contribution in [0, 0.1) is 0 Å². The monoisotopic (exact) mass is 186 g/mol. The Morgan fingerprint density at radius 3 is 2.85 bits per heavy atom. The fourth-order valence-corrected chi connectivity index (χ4v) is 1.29. The summed E-state index contributed by atoms with van der Waals surface area (Å²) in [5.74, 6) is 0. The van der Waals surface area contributed by atoms with Gasteiger partial charge < -0.3 is 15.1 Å². The third kappa shape index (κ3) is 2.24. The zero-order valence-electron chi connectivity index (χ0n) is 6.87. The van der Waals surface area contributed by atoms with Crippen LogP contribution in [0.3, 0.4) is 0 Å². The number of azide groups is 1. The zero-order valence-corrected chi connectivity index (χ0v) is 6.87. The van der Waals surface area contributed by atoms with E-state index in [1.165, 1.54) is 0 Å². The van der Waals surface area contributed by atoms with Crippen molar-refractivity contribution in [1.29, 1.82) is 0 Å². The molecule has 1 amide bonds. The summed E-state index contributed by atoms with van der Waals surface area (Å²) in [6.45, 7) is 0.315. The van der Waals surface area contributed by atoms with Gasteiger partial charge in [-0.15, -0.1) is 0 Å². The molecule has 0 aromatic rings. The Bertz CT molecular complexity index is 250. The number of piperidine rings is 1. The SMILES string of the molecule is [N-]=[N+]=N[C@H]1CCN(C(=O)O)C[C@@H]1O. The smallest absolute Gasteiger partial charge is 0.407 e. The predicted octanol–water partition coefficient (Wildman–Crippen LogP) is 0.410. The number of rotatable bonds is 1. The Balaban J connectivity index is 2.56. The molecule has 1 aliphatic heterocycles. The average molecular weight is 186 g/mol. The lowest BCUT2D eigenvalue weighted by atomic mass is 10.0. The van der Waals surface area contributed by atoms with Gasteiger partial charge >= 0.3 is 6.09 Å². The topological polar surface area (TPSA) is 110 Å². The normalized spacial score (nSPS) is 27.9. The summed E-state index contributed by atoms with van der Waals surface area (Å²) in [5.41, 5.74) is 8.13. The van der Waals surface area contributed by atoms with Crippen molar-refractivity contribution in [2.75, 3.05) is 13.1 Å². The summed E-state index contributed by atoms with van der Waals surface area (Å²) in [4.78, 5) is 14.2. The van der Waals surface area contributed by atoms with Gasteiger partial charge in [-0.25, -0.2) is 4.79 Å². The van der Waals surface area contributed by atoms with Crippen molar-refractivity contribution in [2.45, 2.75) is 18.6 Å². The minimum absolute atomic E-state index is 0.0129. The second kappa shape index (κ2) is 3.97. The molecule has 7 nitrogen and oxygen atoms in total. The molecular formula is C6H10N4O3. The molecule has 0 aromatic heterocycles. The molecule has 72 valence electrons. The van der Waals surface area contributed by atoms with Crippen molar-refractivity contribution >= 4 is 6.09 Å². The number of nitrogens with zero attached hydrogens (tertiary/aromatic N) is 4. The Kier molecular flexibility index (Phi) is 2.94. The van der Waals surface area contributed by atoms with Gasteiger partial charge in [0.05, 0.1) is 18.7 Å². The maximum Gasteiger partial charge on any atom is 0.407 e. The van der Waals surface area contributed by atoms with E-state index in [0.717, 1.165) is 4.90 Å². The number of hydrogen-bond donors (Lipinski definition) is 2. The van der Waals surface area contributed by atoms with Crippen LogP contribution in [0.5, 0.6) is 0 Å². The van der Waals surface area contributed by atoms with E-state index in [-0.39, 0.29) is 6.54 Å². The number of β-amino-alcohol motifs (C(OH)–C–C–N with tert-alkyl or cyclic N) is 1. The van der Waals surface area contributed by atoms with Gasteiger partial charge in [0.1, 0.15) is 0 Å². The molecule has 2 N–H and O–H groups in total. The van der Waals surface area contributed by atoms with Gasteiger partial charge in [-0.3, -0.25) is 0 Å². The Hall–Kier alpha value is -1.46. The van der Waals surface area contributed by atoms with Gasteiger partial charge in [0.15, 0.2) is 0 Å². The summed E-state index contributed by atoms with van der Waals surface area (Å²) in [6, 6.07) is -0.499. The minimum Gasteiger partial charge on any atom is -0.465 e. The van der Waals surface area contributed by atoms with Crippen molar-refractivity contribution < 1.29 is 15.0 Å². The Morgan fingerprint density at radius 1 is 1.69 bits per heavy atom. The van der Waals surface area contributed by atoms with Crippen molar-refractivity contribution in [3.8, 4) is 0 Å². The Morgan fingerprint density at radius 2 is 2.38 bits per heavy atom. The standard InChI is InChI=1S/C6H10N4O3/c7-9-8-4-1-2-10(6(12)13)3-5(4)11/h4-5,11H,1-3H2,(H,12,13)/t4-,5-/m0/s1. The maximum atomic E-state index is 10.5. The number of aliphatic hydroxyl groups is 1. The third-order valence-corrected chi connectivity index (χ3v) is 2.02. The molecule has 1 rings (SSSR count). The highest BCUT2D eigenvalue weighted by Gasteiger charge is 2.28. The highest BCUT2D eigenvalue weighted by atomic mass is 16.4. The third-order valence-electron chi connectivity index (χ3n) is 2.02. The van der Waals surface area contributed by atoms with Crippen molar-refractivity contribution in [3.63, 3.8) is 0 Å². The number of hydrogen-bond acceptors (Lipinski definition) is 3. The van der Waals surface area contributed by atoms with E-state index in [1.54, 1.807) is 0 Å². The van der Waals surface area contributed by atoms with Gasteiger partial charge in [-0.05, 0) is 12.0 Å². The number of amides is 1. The van der Waals surface area contributed by atoms with Crippen molar-refractivity contribution in [1.82, 2.24) is 4.90 Å². The van der Waals surface area contributed by atoms with Crippen LogP contribution in [0.15, 0.2) is 5.11 Å². The largest absolute Gasteiger partial charge is 0.465 e. The van der Waals surface area contributed by atoms with Gasteiger partial charge in [0.2, 0.25) is 0 Å². The van der Waals surface area contributed by atoms with Crippen LogP contribution in [0.4, 0.5) is 4.79 Å². The van der Waals surface area contributed by atoms with E-state index in [4.69, 9.17) is 10.6 Å². The molecule has 0 bridgehead atoms. The van der Waals surface area contributed by atoms with Gasteiger partial charge in [0, 0.05) is 11.5 Å². The fourth-order valence-electron chi connectivity index (χ4n) is 1.29. The molecule has 1 heterocycles. The lowest BCUT2D eigenvalue weighted by Crippen LogP contribution is -2.47. The summed E-state index contributed by atoms with van der Waals surface area (Å²) >= 11 is 0. The molecule has 1 fully saturated rings. The molecule has 0 aromatic carbocycles. The van der Waals surface area contributed by atoms with Crippen LogP contribution in [-0.4, -0.2) is 46.4 Å². The van der Waals surface area contributed by atoms with Crippen LogP contribution in [0.25, 0.3) is 10.4 Å². The predicted molar refractivity (Wildman–Crippen MR) is 43.2 cm³/mol. The molecule has 13 heavy (non-hydrogen) atoms. The van der Waals surface area contributed by atoms with E-state index in [0.29, 0.717) is 13.0 Å². The molecule has 1 saturated heterocycles. The van der Waals surface area contributed by atoms with Gasteiger partial charge in [-0.1, -0.05) is 5.11 Å². The average Bonchev–Trinajstić information content (AvgIpc) is 2.08. The van der Waals surface area contributed by atoms with E-state index in [1.807, 2.05) is 0 Å². The maximum absolute atomic E-state index is 10.5. The second-order valence-electron chi connectivity index (χ2n) is 2.86. The number of carbonyl (C=O) groups is 1. The number of carboxylic acid groups (broad SMARTS) is 1. The molecular weight excluding hydrogens is 176 g/mol. The summed E-state index contributed by atoms with van der Waals surface area (Å²) in [6.07, 6.45) is -1.57. The highest BCUT2D eigenvalue weighted by Crippen LogP contribution is 2.14. The van der Waals surface area contributed by atoms with Crippen molar-refractivity contribution in [3.05, 3.63) is 10.4 Å². The molecule has 2 atom stereocenters. The van der Waals surface area contributed by atoms with Crippen molar-refractivity contribution in [2.24, 2.45) is 5.11 Å². The first-order chi connectivity index (χ1) is 6.15. The lowest BCUT2D eigenvalue weighted by Gasteiger charge is -2.31. The number of aliphatic hydroxyl groups excluding tert-OH is 1. The zero-order chi connectivity index (χ0) is 9.84. The van der Waals surface area contributed by atoms with Crippen LogP contribution in [0.1, 0.15) is 6.42 Å². The fraction of sp³-hybridized carbons (Fsp3) is 0.833. The van der Waals surface area contributed by atoms with E-state index < -0.39 is 18.2 Å². The first kappa shape index (κ1) is 9.63. The highest BCUT2D eigenvalue weighted by molar-refractivity contribution is 5.65. The lowest BCUT2D eigenvalue weighted by molar-refractivity contribution is 0.0525. The molecule has 1 aliphatic rings. The molecule has 0 unspecified atom stereocenters. The molecule has 7 heteroatoms. The first-order valence-corrected chi connectivity index (χ1v) is 3.85. The minimum atomic E-state index is -1.06. The summed E-state index contributed by atoms with van der Waals surface area (Å²) in [7, 11) is 0. The van der Waals surface area contributed by atoms with Gasteiger partial charge in [-0.2, -0.15) is 0 Å². The molecule has 0 radical (unpaired) electrons. The van der Waals surface area contributed by atoms with Crippen LogP contribution < -0.4 is 0 Å². The van der Waals surface area contributed by atoms with Crippen LogP contribution >= 0.6 is 0 Å². The first-order valence-electron chi connectivity index (χ1n) is 3.85. The van der Waals surface area contributed by atoms with Crippen LogP contribution in [0.2, 0.25) is 0 Å². The van der Waals surface area contributed by atoms with Crippen LogP contribution in [-0.2, 0) is 0 Å². The summed E-state index contributed by atoms with van der Waals surface area (Å²) in [5, 5.41) is 21.3. The van der Waals surface area contributed by atoms with Gasteiger partial charge in [0.25, 0.3) is 0 Å². The summed E-state index contributed by atoms with van der Waals surface area (Å²) < 4.78 is 0. The number of likely N-dealkylation sites (tertiary alicyclic amines) is 1. The van der Waals surface area contributed by atoms with E-state index >= 15 is 0 Å². The van der Waals surface area contributed by atoms with E-state index in [2.05, 4.69) is 10.0 Å². The van der Waals surface area contributed by atoms with E-state index in [9.17, 15) is 9.90 Å². The molecule has 0 aliphatic carbocycles. The quantitative estimate of drug-likeness (QED) is 0.351. The Labute approximate surface area is 74.2 Å². The second-order valence-corrected chi connectivity index (χ2v) is 2.86. The molecule has 0 saturated carbocycles. The molecule has 0 spiro atoms.